The van der Waals surface area contributed by atoms with Gasteiger partial charge in [0, 0.05) is 18.1 Å². The number of rotatable bonds is 4. The zero-order chi connectivity index (χ0) is 12.2. The number of ether oxygens (including phenoxy) is 2. The third-order valence-corrected chi connectivity index (χ3v) is 1.80. The first-order valence-electron chi connectivity index (χ1n) is 4.32. The van der Waals surface area contributed by atoms with Crippen molar-refractivity contribution < 1.29 is 27.4 Å². The van der Waals surface area contributed by atoms with Crippen LogP contribution in [0.25, 0.3) is 0 Å². The highest BCUT2D eigenvalue weighted by atomic mass is 19.4. The highest BCUT2D eigenvalue weighted by Crippen LogP contribution is 2.28. The molecule has 0 aliphatic rings. The zero-order valence-corrected chi connectivity index (χ0v) is 8.38. The predicted octanol–water partition coefficient (Wildman–Crippen LogP) is 2.34. The molecule has 0 N–H and O–H groups in total. The van der Waals surface area contributed by atoms with E-state index < -0.39 is 6.36 Å². The van der Waals surface area contributed by atoms with E-state index >= 15 is 0 Å². The van der Waals surface area contributed by atoms with Crippen molar-refractivity contribution in [3.05, 3.63) is 23.8 Å². The van der Waals surface area contributed by atoms with Crippen LogP contribution in [-0.4, -0.2) is 19.8 Å². The molecule has 0 fully saturated rings. The number of benzene rings is 1. The highest BCUT2D eigenvalue weighted by Gasteiger charge is 2.31. The Balaban J connectivity index is 2.94. The molecule has 1 aromatic rings. The van der Waals surface area contributed by atoms with Gasteiger partial charge >= 0.3 is 6.36 Å². The van der Waals surface area contributed by atoms with Crippen molar-refractivity contribution in [2.24, 2.45) is 0 Å². The summed E-state index contributed by atoms with van der Waals surface area (Å²) in [5.74, 6) is -0.187. The molecule has 0 heterocycles. The molecule has 0 saturated carbocycles. The summed E-state index contributed by atoms with van der Waals surface area (Å²) < 4.78 is 44.3. The third kappa shape index (κ3) is 3.45. The fourth-order valence-electron chi connectivity index (χ4n) is 1.18. The maximum atomic E-state index is 11.9. The zero-order valence-electron chi connectivity index (χ0n) is 8.38. The fourth-order valence-corrected chi connectivity index (χ4v) is 1.18. The average molecular weight is 234 g/mol. The molecule has 0 atom stereocenters. The first-order valence-corrected chi connectivity index (χ1v) is 4.32. The van der Waals surface area contributed by atoms with Crippen LogP contribution in [0, 0.1) is 0 Å². The molecule has 0 unspecified atom stereocenters. The quantitative estimate of drug-likeness (QED) is 0.750. The molecule has 0 saturated heterocycles. The van der Waals surface area contributed by atoms with Crippen molar-refractivity contribution >= 4 is 6.29 Å². The molecular formula is C10H9F3O3. The van der Waals surface area contributed by atoms with Crippen LogP contribution in [0.15, 0.2) is 18.2 Å². The summed E-state index contributed by atoms with van der Waals surface area (Å²) in [4.78, 5) is 10.3. The molecule has 1 aromatic carbocycles. The second-order valence-corrected chi connectivity index (χ2v) is 2.89. The van der Waals surface area contributed by atoms with Gasteiger partial charge in [-0.3, -0.25) is 0 Å². The van der Waals surface area contributed by atoms with E-state index in [1.165, 1.54) is 13.2 Å². The number of methoxy groups -OCH3 is 1. The number of halogens is 3. The minimum atomic E-state index is -4.74. The summed E-state index contributed by atoms with van der Waals surface area (Å²) in [5, 5.41) is 0. The lowest BCUT2D eigenvalue weighted by Gasteiger charge is -2.11. The number of aldehydes is 1. The smallest absolute Gasteiger partial charge is 0.496 e. The van der Waals surface area contributed by atoms with E-state index in [0.717, 1.165) is 12.1 Å². The van der Waals surface area contributed by atoms with E-state index in [9.17, 15) is 18.0 Å². The Hall–Kier alpha value is -1.72. The summed E-state index contributed by atoms with van der Waals surface area (Å²) in [7, 11) is 1.31. The van der Waals surface area contributed by atoms with Crippen LogP contribution < -0.4 is 9.47 Å². The van der Waals surface area contributed by atoms with Crippen molar-refractivity contribution in [1.29, 1.82) is 0 Å². The Kier molecular flexibility index (Phi) is 3.76. The predicted molar refractivity (Wildman–Crippen MR) is 49.4 cm³/mol. The summed E-state index contributed by atoms with van der Waals surface area (Å²) in [6.45, 7) is 0. The van der Waals surface area contributed by atoms with E-state index in [1.54, 1.807) is 0 Å². The number of hydrogen-bond acceptors (Lipinski definition) is 3. The van der Waals surface area contributed by atoms with Crippen LogP contribution in [0.4, 0.5) is 13.2 Å². The molecule has 0 aliphatic carbocycles. The van der Waals surface area contributed by atoms with Gasteiger partial charge in [0.1, 0.15) is 17.8 Å². The van der Waals surface area contributed by atoms with E-state index in [4.69, 9.17) is 4.74 Å². The largest absolute Gasteiger partial charge is 0.573 e. The summed E-state index contributed by atoms with van der Waals surface area (Å²) >= 11 is 0. The van der Waals surface area contributed by atoms with Gasteiger partial charge in [-0.1, -0.05) is 6.07 Å². The molecule has 88 valence electrons. The monoisotopic (exact) mass is 234 g/mol. The van der Waals surface area contributed by atoms with E-state index in [-0.39, 0.29) is 17.9 Å². The van der Waals surface area contributed by atoms with Gasteiger partial charge in [0.05, 0.1) is 7.11 Å². The molecule has 0 aromatic heterocycles. The van der Waals surface area contributed by atoms with E-state index in [1.807, 2.05) is 0 Å². The minimum absolute atomic E-state index is 0.0788. The lowest BCUT2D eigenvalue weighted by molar-refractivity contribution is -0.274. The van der Waals surface area contributed by atoms with Crippen molar-refractivity contribution in [2.45, 2.75) is 12.8 Å². The van der Waals surface area contributed by atoms with Crippen molar-refractivity contribution in [1.82, 2.24) is 0 Å². The Morgan fingerprint density at radius 3 is 2.56 bits per heavy atom. The minimum Gasteiger partial charge on any atom is -0.496 e. The Morgan fingerprint density at radius 2 is 2.06 bits per heavy atom. The van der Waals surface area contributed by atoms with Crippen molar-refractivity contribution in [3.63, 3.8) is 0 Å². The lowest BCUT2D eigenvalue weighted by Crippen LogP contribution is -2.17. The molecule has 6 heteroatoms. The highest BCUT2D eigenvalue weighted by molar-refractivity contribution is 5.58. The van der Waals surface area contributed by atoms with Gasteiger partial charge in [0.15, 0.2) is 0 Å². The van der Waals surface area contributed by atoms with Crippen LogP contribution in [-0.2, 0) is 11.2 Å². The average Bonchev–Trinajstić information content (AvgIpc) is 2.18. The maximum absolute atomic E-state index is 11.9. The Bertz CT molecular complexity index is 374. The molecule has 0 aliphatic heterocycles. The van der Waals surface area contributed by atoms with Crippen LogP contribution in [0.5, 0.6) is 11.5 Å². The second-order valence-electron chi connectivity index (χ2n) is 2.89. The summed E-state index contributed by atoms with van der Waals surface area (Å²) in [6.07, 6.45) is -4.02. The number of carbonyl (C=O) groups is 1. The maximum Gasteiger partial charge on any atom is 0.573 e. The van der Waals surface area contributed by atoms with Crippen molar-refractivity contribution in [2.75, 3.05) is 7.11 Å². The number of alkyl halides is 3. The van der Waals surface area contributed by atoms with E-state index in [0.29, 0.717) is 11.8 Å². The van der Waals surface area contributed by atoms with Crippen LogP contribution in [0.3, 0.4) is 0 Å². The first kappa shape index (κ1) is 12.4. The van der Waals surface area contributed by atoms with Gasteiger partial charge < -0.3 is 14.3 Å². The SMILES string of the molecule is COc1cc(OC(F)(F)F)ccc1CC=O. The second kappa shape index (κ2) is 4.87. The van der Waals surface area contributed by atoms with Crippen LogP contribution >= 0.6 is 0 Å². The molecule has 0 bridgehead atoms. The molecule has 16 heavy (non-hydrogen) atoms. The molecule has 1 rings (SSSR count). The van der Waals surface area contributed by atoms with Gasteiger partial charge in [-0.15, -0.1) is 13.2 Å². The first-order chi connectivity index (χ1) is 7.46. The van der Waals surface area contributed by atoms with Gasteiger partial charge in [-0.2, -0.15) is 0 Å². The van der Waals surface area contributed by atoms with Gasteiger partial charge in [0.2, 0.25) is 0 Å². The normalized spacial score (nSPS) is 11.0. The molecule has 3 nitrogen and oxygen atoms in total. The Morgan fingerprint density at radius 1 is 1.38 bits per heavy atom. The Labute approximate surface area is 89.8 Å². The molecule has 0 amide bonds. The van der Waals surface area contributed by atoms with Gasteiger partial charge in [0.25, 0.3) is 0 Å². The topological polar surface area (TPSA) is 35.5 Å². The molecular weight excluding hydrogens is 225 g/mol. The van der Waals surface area contributed by atoms with Crippen molar-refractivity contribution in [3.8, 4) is 11.5 Å². The van der Waals surface area contributed by atoms with Crippen LogP contribution in [0.1, 0.15) is 5.56 Å². The molecule has 0 spiro atoms. The summed E-state index contributed by atoms with van der Waals surface area (Å²) in [5.41, 5.74) is 0.507. The van der Waals surface area contributed by atoms with Gasteiger partial charge in [-0.05, 0) is 6.07 Å². The van der Waals surface area contributed by atoms with E-state index in [2.05, 4.69) is 4.74 Å². The number of hydrogen-bond donors (Lipinski definition) is 0. The summed E-state index contributed by atoms with van der Waals surface area (Å²) in [6, 6.07) is 3.58. The number of carbonyl (C=O) groups excluding carboxylic acids is 1. The fraction of sp³-hybridized carbons (Fsp3) is 0.300. The van der Waals surface area contributed by atoms with Crippen LogP contribution in [0.2, 0.25) is 0 Å². The van der Waals surface area contributed by atoms with Gasteiger partial charge in [-0.25, -0.2) is 0 Å². The molecule has 0 radical (unpaired) electrons. The lowest BCUT2D eigenvalue weighted by atomic mass is 10.1. The third-order valence-electron chi connectivity index (χ3n) is 1.80. The standard InChI is InChI=1S/C10H9F3O3/c1-15-9-6-8(16-10(11,12)13)3-2-7(9)4-5-14/h2-3,5-6H,4H2,1H3.